The van der Waals surface area contributed by atoms with E-state index in [2.05, 4.69) is 38.9 Å². The van der Waals surface area contributed by atoms with Gasteiger partial charge in [-0.05, 0) is 50.9 Å². The Balaban J connectivity index is 1.50. The maximum atomic E-state index is 12.5. The lowest BCUT2D eigenvalue weighted by atomic mass is 9.92. The number of rotatable bonds is 6. The summed E-state index contributed by atoms with van der Waals surface area (Å²) in [4.78, 5) is 25.7. The average molecular weight is 360 g/mol. The first-order valence-corrected chi connectivity index (χ1v) is 10.2. The SMILES string of the molecule is CCNc1cc(N2CCCC(CCC(=O)N3CCCC(C)C3)C2)ncn1. The molecule has 1 amide bonds. The van der Waals surface area contributed by atoms with Crippen molar-refractivity contribution < 1.29 is 4.79 Å². The third-order valence-electron chi connectivity index (χ3n) is 5.63. The number of hydrogen-bond donors (Lipinski definition) is 1. The van der Waals surface area contributed by atoms with Gasteiger partial charge in [0.05, 0.1) is 0 Å². The molecule has 26 heavy (non-hydrogen) atoms. The van der Waals surface area contributed by atoms with Crippen LogP contribution in [0.3, 0.4) is 0 Å². The van der Waals surface area contributed by atoms with Crippen molar-refractivity contribution in [2.45, 2.75) is 52.4 Å². The van der Waals surface area contributed by atoms with Crippen LogP contribution in [0.15, 0.2) is 12.4 Å². The van der Waals surface area contributed by atoms with E-state index in [1.165, 1.54) is 19.3 Å². The largest absolute Gasteiger partial charge is 0.370 e. The Morgan fingerprint density at radius 3 is 2.88 bits per heavy atom. The zero-order valence-electron chi connectivity index (χ0n) is 16.3. The normalized spacial score (nSPS) is 23.8. The van der Waals surface area contributed by atoms with Gasteiger partial charge >= 0.3 is 0 Å². The van der Waals surface area contributed by atoms with Gasteiger partial charge in [-0.25, -0.2) is 9.97 Å². The van der Waals surface area contributed by atoms with Crippen LogP contribution in [-0.2, 0) is 4.79 Å². The summed E-state index contributed by atoms with van der Waals surface area (Å²) in [5.74, 6) is 3.46. The molecule has 3 heterocycles. The average Bonchev–Trinajstić information content (AvgIpc) is 2.67. The van der Waals surface area contributed by atoms with Crippen molar-refractivity contribution in [1.29, 1.82) is 0 Å². The Kier molecular flexibility index (Phi) is 6.69. The quantitative estimate of drug-likeness (QED) is 0.845. The first-order valence-electron chi connectivity index (χ1n) is 10.2. The maximum absolute atomic E-state index is 12.5. The molecule has 3 rings (SSSR count). The van der Waals surface area contributed by atoms with Gasteiger partial charge in [0.2, 0.25) is 5.91 Å². The standard InChI is InChI=1S/C20H33N5O/c1-3-21-18-12-19(23-15-22-18)24-10-5-7-17(14-24)8-9-20(26)25-11-4-6-16(2)13-25/h12,15-17H,3-11,13-14H2,1-2H3,(H,21,22,23). The molecule has 2 atom stereocenters. The predicted molar refractivity (Wildman–Crippen MR) is 105 cm³/mol. The highest BCUT2D eigenvalue weighted by molar-refractivity contribution is 5.76. The minimum absolute atomic E-state index is 0.352. The van der Waals surface area contributed by atoms with Crippen LogP contribution in [0.25, 0.3) is 0 Å². The number of piperidine rings is 2. The van der Waals surface area contributed by atoms with Gasteiger partial charge in [0.1, 0.15) is 18.0 Å². The Morgan fingerprint density at radius 2 is 2.08 bits per heavy atom. The van der Waals surface area contributed by atoms with Gasteiger partial charge in [-0.2, -0.15) is 0 Å². The second kappa shape index (κ2) is 9.19. The summed E-state index contributed by atoms with van der Waals surface area (Å²) in [6.07, 6.45) is 8.12. The van der Waals surface area contributed by atoms with E-state index < -0.39 is 0 Å². The zero-order valence-corrected chi connectivity index (χ0v) is 16.3. The number of carbonyl (C=O) groups excluding carboxylic acids is 1. The smallest absolute Gasteiger partial charge is 0.222 e. The van der Waals surface area contributed by atoms with E-state index in [1.54, 1.807) is 6.33 Å². The summed E-state index contributed by atoms with van der Waals surface area (Å²) in [7, 11) is 0. The van der Waals surface area contributed by atoms with Gasteiger partial charge in [-0.3, -0.25) is 4.79 Å². The predicted octanol–water partition coefficient (Wildman–Crippen LogP) is 3.16. The summed E-state index contributed by atoms with van der Waals surface area (Å²) in [5, 5.41) is 3.25. The Hall–Kier alpha value is -1.85. The monoisotopic (exact) mass is 359 g/mol. The molecule has 2 saturated heterocycles. The van der Waals surface area contributed by atoms with Gasteiger partial charge in [-0.1, -0.05) is 6.92 Å². The van der Waals surface area contributed by atoms with Crippen LogP contribution in [0.4, 0.5) is 11.6 Å². The lowest BCUT2D eigenvalue weighted by Gasteiger charge is -2.35. The molecule has 1 aromatic rings. The fourth-order valence-corrected chi connectivity index (χ4v) is 4.21. The minimum atomic E-state index is 0.352. The van der Waals surface area contributed by atoms with Gasteiger partial charge in [-0.15, -0.1) is 0 Å². The van der Waals surface area contributed by atoms with Crippen molar-refractivity contribution in [2.24, 2.45) is 11.8 Å². The molecule has 2 aliphatic rings. The van der Waals surface area contributed by atoms with Gasteiger partial charge in [0.25, 0.3) is 0 Å². The summed E-state index contributed by atoms with van der Waals surface area (Å²) < 4.78 is 0. The van der Waals surface area contributed by atoms with E-state index >= 15 is 0 Å². The van der Waals surface area contributed by atoms with E-state index in [4.69, 9.17) is 0 Å². The van der Waals surface area contributed by atoms with Crippen LogP contribution in [0.1, 0.15) is 52.4 Å². The molecule has 2 fully saturated rings. The Labute approximate surface area is 157 Å². The first-order chi connectivity index (χ1) is 12.7. The number of hydrogen-bond acceptors (Lipinski definition) is 5. The lowest BCUT2D eigenvalue weighted by Crippen LogP contribution is -2.40. The number of nitrogens with one attached hydrogen (secondary N) is 1. The second-order valence-electron chi connectivity index (χ2n) is 7.87. The van der Waals surface area contributed by atoms with Crippen LogP contribution >= 0.6 is 0 Å². The van der Waals surface area contributed by atoms with Crippen LogP contribution in [0, 0.1) is 11.8 Å². The van der Waals surface area contributed by atoms with Gasteiger partial charge in [0, 0.05) is 45.2 Å². The molecule has 0 saturated carbocycles. The highest BCUT2D eigenvalue weighted by atomic mass is 16.2. The van der Waals surface area contributed by atoms with Gasteiger partial charge < -0.3 is 15.1 Å². The molecule has 2 aliphatic heterocycles. The maximum Gasteiger partial charge on any atom is 0.222 e. The summed E-state index contributed by atoms with van der Waals surface area (Å²) in [6, 6.07) is 2.03. The molecular formula is C20H33N5O. The topological polar surface area (TPSA) is 61.4 Å². The number of nitrogens with zero attached hydrogens (tertiary/aromatic N) is 4. The molecule has 0 aromatic carbocycles. The van der Waals surface area contributed by atoms with Crippen LogP contribution in [-0.4, -0.2) is 53.5 Å². The third kappa shape index (κ3) is 5.08. The molecule has 2 unspecified atom stereocenters. The molecule has 144 valence electrons. The number of carbonyl (C=O) groups is 1. The van der Waals surface area contributed by atoms with E-state index in [-0.39, 0.29) is 0 Å². The van der Waals surface area contributed by atoms with E-state index in [0.29, 0.717) is 24.2 Å². The number of amides is 1. The van der Waals surface area contributed by atoms with Crippen LogP contribution < -0.4 is 10.2 Å². The molecular weight excluding hydrogens is 326 g/mol. The van der Waals surface area contributed by atoms with E-state index in [0.717, 1.165) is 57.2 Å². The fraction of sp³-hybridized carbons (Fsp3) is 0.750. The van der Waals surface area contributed by atoms with Crippen molar-refractivity contribution in [2.75, 3.05) is 42.9 Å². The van der Waals surface area contributed by atoms with Crippen LogP contribution in [0.5, 0.6) is 0 Å². The fourth-order valence-electron chi connectivity index (χ4n) is 4.21. The summed E-state index contributed by atoms with van der Waals surface area (Å²) >= 11 is 0. The van der Waals surface area contributed by atoms with Crippen molar-refractivity contribution in [3.05, 3.63) is 12.4 Å². The molecule has 1 aromatic heterocycles. The number of aromatic nitrogens is 2. The highest BCUT2D eigenvalue weighted by Crippen LogP contribution is 2.26. The minimum Gasteiger partial charge on any atom is -0.370 e. The lowest BCUT2D eigenvalue weighted by molar-refractivity contribution is -0.133. The molecule has 0 aliphatic carbocycles. The van der Waals surface area contributed by atoms with Crippen molar-refractivity contribution in [1.82, 2.24) is 14.9 Å². The van der Waals surface area contributed by atoms with E-state index in [9.17, 15) is 4.79 Å². The van der Waals surface area contributed by atoms with Crippen molar-refractivity contribution in [3.63, 3.8) is 0 Å². The summed E-state index contributed by atoms with van der Waals surface area (Å²) in [6.45, 7) is 9.11. The Morgan fingerprint density at radius 1 is 1.23 bits per heavy atom. The number of anilines is 2. The molecule has 0 radical (unpaired) electrons. The second-order valence-corrected chi connectivity index (χ2v) is 7.87. The molecule has 0 spiro atoms. The first kappa shape index (κ1) is 18.9. The zero-order chi connectivity index (χ0) is 18.4. The third-order valence-corrected chi connectivity index (χ3v) is 5.63. The van der Waals surface area contributed by atoms with Crippen LogP contribution in [0.2, 0.25) is 0 Å². The Bertz CT molecular complexity index is 593. The van der Waals surface area contributed by atoms with Gasteiger partial charge in [0.15, 0.2) is 0 Å². The van der Waals surface area contributed by atoms with Crippen molar-refractivity contribution >= 4 is 17.5 Å². The van der Waals surface area contributed by atoms with E-state index in [1.807, 2.05) is 6.07 Å². The highest BCUT2D eigenvalue weighted by Gasteiger charge is 2.24. The number of likely N-dealkylation sites (tertiary alicyclic amines) is 1. The molecule has 6 heteroatoms. The molecule has 0 bridgehead atoms. The molecule has 1 N–H and O–H groups in total. The van der Waals surface area contributed by atoms with Crippen molar-refractivity contribution in [3.8, 4) is 0 Å². The molecule has 6 nitrogen and oxygen atoms in total. The summed E-state index contributed by atoms with van der Waals surface area (Å²) in [5.41, 5.74) is 0.